The first-order valence-corrected chi connectivity index (χ1v) is 6.82. The predicted octanol–water partition coefficient (Wildman–Crippen LogP) is 1.16. The monoisotopic (exact) mass is 240 g/mol. The van der Waals surface area contributed by atoms with Gasteiger partial charge in [-0.05, 0) is 46.1 Å². The molecule has 0 aromatic heterocycles. The van der Waals surface area contributed by atoms with Crippen LogP contribution in [0.4, 0.5) is 0 Å². The number of hydrogen-bond donors (Lipinski definition) is 1. The second-order valence-corrected chi connectivity index (χ2v) is 5.31. The second-order valence-electron chi connectivity index (χ2n) is 5.31. The number of piperidine rings is 1. The van der Waals surface area contributed by atoms with E-state index in [4.69, 9.17) is 4.74 Å². The Morgan fingerprint density at radius 1 is 1.47 bits per heavy atom. The molecule has 0 spiro atoms. The maximum absolute atomic E-state index is 12.4. The molecule has 0 saturated carbocycles. The molecule has 0 aromatic carbocycles. The number of amides is 1. The van der Waals surface area contributed by atoms with Crippen molar-refractivity contribution >= 4 is 5.91 Å². The molecule has 0 aromatic rings. The fourth-order valence-corrected chi connectivity index (χ4v) is 2.89. The van der Waals surface area contributed by atoms with Crippen molar-refractivity contribution in [3.63, 3.8) is 0 Å². The van der Waals surface area contributed by atoms with E-state index in [1.54, 1.807) is 0 Å². The van der Waals surface area contributed by atoms with Crippen LogP contribution in [0.3, 0.4) is 0 Å². The fraction of sp³-hybridized carbons (Fsp3) is 0.923. The molecule has 17 heavy (non-hydrogen) atoms. The summed E-state index contributed by atoms with van der Waals surface area (Å²) < 4.78 is 5.61. The minimum Gasteiger partial charge on any atom is -0.378 e. The summed E-state index contributed by atoms with van der Waals surface area (Å²) in [6.45, 7) is 7.51. The van der Waals surface area contributed by atoms with E-state index in [9.17, 15) is 4.79 Å². The molecule has 4 nitrogen and oxygen atoms in total. The number of hydrogen-bond acceptors (Lipinski definition) is 3. The van der Waals surface area contributed by atoms with Gasteiger partial charge in [-0.3, -0.25) is 4.79 Å². The molecule has 1 unspecified atom stereocenters. The summed E-state index contributed by atoms with van der Waals surface area (Å²) in [6, 6.07) is 0. The van der Waals surface area contributed by atoms with Gasteiger partial charge in [-0.1, -0.05) is 0 Å². The van der Waals surface area contributed by atoms with Crippen LogP contribution in [0, 0.1) is 0 Å². The molecule has 0 aliphatic carbocycles. The van der Waals surface area contributed by atoms with Crippen LogP contribution in [0.5, 0.6) is 0 Å². The Balaban J connectivity index is 1.86. The van der Waals surface area contributed by atoms with Crippen molar-refractivity contribution in [3.8, 4) is 0 Å². The third-order valence-electron chi connectivity index (χ3n) is 3.97. The maximum Gasteiger partial charge on any atom is 0.242 e. The van der Waals surface area contributed by atoms with Crippen molar-refractivity contribution in [1.29, 1.82) is 0 Å². The first-order chi connectivity index (χ1) is 8.15. The smallest absolute Gasteiger partial charge is 0.242 e. The van der Waals surface area contributed by atoms with Crippen molar-refractivity contribution in [2.75, 3.05) is 26.2 Å². The Hall–Kier alpha value is -0.610. The molecular weight excluding hydrogens is 216 g/mol. The van der Waals surface area contributed by atoms with E-state index in [1.165, 1.54) is 0 Å². The van der Waals surface area contributed by atoms with Gasteiger partial charge in [-0.25, -0.2) is 0 Å². The minimum absolute atomic E-state index is 0.282. The number of rotatable bonds is 3. The van der Waals surface area contributed by atoms with E-state index in [1.807, 2.05) is 18.7 Å². The van der Waals surface area contributed by atoms with Gasteiger partial charge in [0.2, 0.25) is 5.91 Å². The lowest BCUT2D eigenvalue weighted by atomic mass is 9.96. The summed E-state index contributed by atoms with van der Waals surface area (Å²) in [5, 5.41) is 3.34. The zero-order valence-electron chi connectivity index (χ0n) is 11.0. The molecule has 2 aliphatic heterocycles. The van der Waals surface area contributed by atoms with Crippen LogP contribution in [-0.2, 0) is 9.53 Å². The molecule has 2 fully saturated rings. The highest BCUT2D eigenvalue weighted by molar-refractivity contribution is 5.86. The highest BCUT2D eigenvalue weighted by atomic mass is 16.5. The Kier molecular flexibility index (Phi) is 4.05. The number of nitrogens with one attached hydrogen (secondary N) is 1. The second kappa shape index (κ2) is 5.36. The summed E-state index contributed by atoms with van der Waals surface area (Å²) >= 11 is 0. The van der Waals surface area contributed by atoms with E-state index < -0.39 is 0 Å². The Labute approximate surface area is 104 Å². The lowest BCUT2D eigenvalue weighted by molar-refractivity contribution is -0.139. The largest absolute Gasteiger partial charge is 0.378 e. The number of likely N-dealkylation sites (tertiary alicyclic amines) is 1. The summed E-state index contributed by atoms with van der Waals surface area (Å²) in [4.78, 5) is 14.4. The van der Waals surface area contributed by atoms with Crippen LogP contribution in [0.2, 0.25) is 0 Å². The van der Waals surface area contributed by atoms with Crippen LogP contribution in [0.25, 0.3) is 0 Å². The van der Waals surface area contributed by atoms with Gasteiger partial charge in [0, 0.05) is 19.7 Å². The van der Waals surface area contributed by atoms with Crippen molar-refractivity contribution in [2.24, 2.45) is 0 Å². The van der Waals surface area contributed by atoms with Gasteiger partial charge in [-0.15, -0.1) is 0 Å². The first-order valence-electron chi connectivity index (χ1n) is 6.82. The van der Waals surface area contributed by atoms with E-state index in [-0.39, 0.29) is 11.4 Å². The summed E-state index contributed by atoms with van der Waals surface area (Å²) in [6.07, 6.45) is 4.40. The molecule has 0 radical (unpaired) electrons. The van der Waals surface area contributed by atoms with Crippen molar-refractivity contribution in [2.45, 2.75) is 51.2 Å². The van der Waals surface area contributed by atoms with Crippen molar-refractivity contribution < 1.29 is 9.53 Å². The lowest BCUT2D eigenvalue weighted by Gasteiger charge is -2.36. The van der Waals surface area contributed by atoms with E-state index in [0.29, 0.717) is 6.10 Å². The molecular formula is C13H24N2O2. The molecule has 1 amide bonds. The molecule has 1 atom stereocenters. The van der Waals surface area contributed by atoms with E-state index in [2.05, 4.69) is 5.32 Å². The zero-order valence-corrected chi connectivity index (χ0v) is 11.0. The average molecular weight is 240 g/mol. The van der Waals surface area contributed by atoms with Crippen LogP contribution in [0.15, 0.2) is 0 Å². The molecule has 2 saturated heterocycles. The normalized spacial score (nSPS) is 30.8. The molecule has 98 valence electrons. The number of nitrogens with zero attached hydrogens (tertiary/aromatic N) is 1. The number of ether oxygens (including phenoxy) is 1. The van der Waals surface area contributed by atoms with Gasteiger partial charge in [0.25, 0.3) is 0 Å². The predicted molar refractivity (Wildman–Crippen MR) is 66.9 cm³/mol. The topological polar surface area (TPSA) is 41.6 Å². The van der Waals surface area contributed by atoms with Gasteiger partial charge in [-0.2, -0.15) is 0 Å². The van der Waals surface area contributed by atoms with Gasteiger partial charge in [0.15, 0.2) is 0 Å². The average Bonchev–Trinajstić information content (AvgIpc) is 2.78. The Bertz CT molecular complexity index is 267. The summed E-state index contributed by atoms with van der Waals surface area (Å²) in [5.74, 6) is 0.282. The van der Waals surface area contributed by atoms with Gasteiger partial charge < -0.3 is 15.0 Å². The van der Waals surface area contributed by atoms with Gasteiger partial charge in [0.05, 0.1) is 11.6 Å². The molecule has 0 bridgehead atoms. The summed E-state index contributed by atoms with van der Waals surface area (Å²) in [7, 11) is 0. The lowest BCUT2D eigenvalue weighted by Crippen LogP contribution is -2.55. The molecule has 4 heteroatoms. The Morgan fingerprint density at radius 3 is 2.71 bits per heavy atom. The molecule has 2 heterocycles. The minimum atomic E-state index is -0.307. The highest BCUT2D eigenvalue weighted by Crippen LogP contribution is 2.24. The summed E-state index contributed by atoms with van der Waals surface area (Å²) in [5.41, 5.74) is -0.307. The quantitative estimate of drug-likeness (QED) is 0.805. The van der Waals surface area contributed by atoms with Crippen molar-refractivity contribution in [3.05, 3.63) is 0 Å². The van der Waals surface area contributed by atoms with E-state index >= 15 is 0 Å². The zero-order chi connectivity index (χ0) is 12.3. The van der Waals surface area contributed by atoms with Crippen LogP contribution < -0.4 is 5.32 Å². The third kappa shape index (κ3) is 2.80. The SMILES string of the molecule is CCOC1CCN(C(=O)C2(C)CCCN2)CC1. The maximum atomic E-state index is 12.4. The van der Waals surface area contributed by atoms with Crippen LogP contribution in [-0.4, -0.2) is 48.7 Å². The van der Waals surface area contributed by atoms with Crippen LogP contribution in [0.1, 0.15) is 39.5 Å². The van der Waals surface area contributed by atoms with Gasteiger partial charge >= 0.3 is 0 Å². The molecule has 2 aliphatic rings. The van der Waals surface area contributed by atoms with Crippen molar-refractivity contribution in [1.82, 2.24) is 10.2 Å². The van der Waals surface area contributed by atoms with Gasteiger partial charge in [0.1, 0.15) is 0 Å². The molecule has 1 N–H and O–H groups in total. The van der Waals surface area contributed by atoms with Crippen LogP contribution >= 0.6 is 0 Å². The number of carbonyl (C=O) groups excluding carboxylic acids is 1. The Morgan fingerprint density at radius 2 is 2.18 bits per heavy atom. The highest BCUT2D eigenvalue weighted by Gasteiger charge is 2.39. The molecule has 2 rings (SSSR count). The number of carbonyl (C=O) groups is 1. The van der Waals surface area contributed by atoms with E-state index in [0.717, 1.165) is 51.9 Å². The third-order valence-corrected chi connectivity index (χ3v) is 3.97. The standard InChI is InChI=1S/C13H24N2O2/c1-3-17-11-5-9-15(10-6-11)12(16)13(2)7-4-8-14-13/h11,14H,3-10H2,1-2H3. The first kappa shape index (κ1) is 12.8. The fourth-order valence-electron chi connectivity index (χ4n) is 2.89.